The highest BCUT2D eigenvalue weighted by Gasteiger charge is 2.30. The Morgan fingerprint density at radius 1 is 1.41 bits per heavy atom. The Balaban J connectivity index is 1.73. The van der Waals surface area contributed by atoms with Gasteiger partial charge in [0, 0.05) is 36.9 Å². The second-order valence-corrected chi connectivity index (χ2v) is 4.98. The average molecular weight is 234 g/mol. The van der Waals surface area contributed by atoms with Crippen molar-refractivity contribution in [2.24, 2.45) is 5.73 Å². The van der Waals surface area contributed by atoms with Gasteiger partial charge in [-0.1, -0.05) is 0 Å². The molecule has 2 aliphatic rings. The molecular formula is C12H18N4O. The third-order valence-electron chi connectivity index (χ3n) is 3.53. The van der Waals surface area contributed by atoms with E-state index < -0.39 is 0 Å². The fourth-order valence-corrected chi connectivity index (χ4v) is 2.63. The molecule has 2 atom stereocenters. The lowest BCUT2D eigenvalue weighted by molar-refractivity contribution is 0.00529. The largest absolute Gasteiger partial charge is 0.378 e. The van der Waals surface area contributed by atoms with Gasteiger partial charge in [-0.05, 0) is 13.3 Å². The van der Waals surface area contributed by atoms with Gasteiger partial charge in [0.25, 0.3) is 0 Å². The van der Waals surface area contributed by atoms with Crippen LogP contribution >= 0.6 is 0 Å². The molecule has 2 N–H and O–H groups in total. The first kappa shape index (κ1) is 11.1. The summed E-state index contributed by atoms with van der Waals surface area (Å²) in [7, 11) is 0. The summed E-state index contributed by atoms with van der Waals surface area (Å²) >= 11 is 0. The Bertz CT molecular complexity index is 423. The van der Waals surface area contributed by atoms with Gasteiger partial charge in [-0.15, -0.1) is 0 Å². The van der Waals surface area contributed by atoms with E-state index in [-0.39, 0.29) is 6.04 Å². The van der Waals surface area contributed by atoms with Crippen LogP contribution in [0.1, 0.15) is 23.5 Å². The summed E-state index contributed by atoms with van der Waals surface area (Å²) in [5.41, 5.74) is 8.35. The minimum Gasteiger partial charge on any atom is -0.378 e. The molecule has 3 heterocycles. The summed E-state index contributed by atoms with van der Waals surface area (Å²) in [6.45, 7) is 5.24. The van der Waals surface area contributed by atoms with Gasteiger partial charge in [0.15, 0.2) is 0 Å². The molecule has 0 amide bonds. The predicted octanol–water partition coefficient (Wildman–Crippen LogP) is 0.217. The molecule has 0 spiro atoms. The highest BCUT2D eigenvalue weighted by molar-refractivity contribution is 5.22. The summed E-state index contributed by atoms with van der Waals surface area (Å²) in [5.74, 6) is 0.849. The van der Waals surface area contributed by atoms with Gasteiger partial charge in [0.05, 0.1) is 18.9 Å². The lowest BCUT2D eigenvalue weighted by atomic mass is 10.1. The first-order valence-corrected chi connectivity index (χ1v) is 6.11. The van der Waals surface area contributed by atoms with Gasteiger partial charge in [-0.25, -0.2) is 9.97 Å². The smallest absolute Gasteiger partial charge is 0.125 e. The monoisotopic (exact) mass is 234 g/mol. The lowest BCUT2D eigenvalue weighted by Crippen LogP contribution is -2.46. The zero-order valence-corrected chi connectivity index (χ0v) is 10.1. The molecule has 2 aliphatic heterocycles. The Hall–Kier alpha value is -1.04. The van der Waals surface area contributed by atoms with Gasteiger partial charge >= 0.3 is 0 Å². The third-order valence-corrected chi connectivity index (χ3v) is 3.53. The van der Waals surface area contributed by atoms with Crippen molar-refractivity contribution in [2.75, 3.05) is 13.2 Å². The number of nitrogens with zero attached hydrogens (tertiary/aromatic N) is 3. The zero-order valence-electron chi connectivity index (χ0n) is 10.1. The van der Waals surface area contributed by atoms with Crippen molar-refractivity contribution in [1.29, 1.82) is 0 Å². The quantitative estimate of drug-likeness (QED) is 0.753. The molecule has 2 unspecified atom stereocenters. The van der Waals surface area contributed by atoms with Crippen LogP contribution in [-0.4, -0.2) is 40.2 Å². The van der Waals surface area contributed by atoms with E-state index in [1.165, 1.54) is 5.56 Å². The van der Waals surface area contributed by atoms with Crippen LogP contribution in [0.4, 0.5) is 0 Å². The average Bonchev–Trinajstić information content (AvgIpc) is 2.72. The molecule has 3 rings (SSSR count). The van der Waals surface area contributed by atoms with E-state index in [0.29, 0.717) is 12.6 Å². The fraction of sp³-hybridized carbons (Fsp3) is 0.667. The van der Waals surface area contributed by atoms with Crippen LogP contribution in [0.15, 0.2) is 6.20 Å². The van der Waals surface area contributed by atoms with Crippen molar-refractivity contribution in [3.63, 3.8) is 0 Å². The molecule has 0 saturated carbocycles. The van der Waals surface area contributed by atoms with Crippen LogP contribution in [0.2, 0.25) is 0 Å². The van der Waals surface area contributed by atoms with Crippen molar-refractivity contribution in [3.8, 4) is 0 Å². The number of nitrogens with two attached hydrogens (primary N) is 1. The van der Waals surface area contributed by atoms with Crippen LogP contribution in [0.5, 0.6) is 0 Å². The molecule has 5 nitrogen and oxygen atoms in total. The van der Waals surface area contributed by atoms with E-state index in [4.69, 9.17) is 10.5 Å². The normalized spacial score (nSPS) is 29.3. The summed E-state index contributed by atoms with van der Waals surface area (Å²) < 4.78 is 5.53. The minimum atomic E-state index is 0.172. The molecule has 0 aromatic carbocycles. The summed E-state index contributed by atoms with van der Waals surface area (Å²) in [5, 5.41) is 0. The summed E-state index contributed by atoms with van der Waals surface area (Å²) in [6.07, 6.45) is 2.96. The standard InChI is InChI=1S/C12H18N4O/c1-8-14-3-9-4-16(5-12(9)15-8)11-2-10(13)6-17-7-11/h3,10-11H,2,4-7,13H2,1H3. The van der Waals surface area contributed by atoms with Gasteiger partial charge in [0.1, 0.15) is 5.82 Å². The van der Waals surface area contributed by atoms with Crippen LogP contribution in [-0.2, 0) is 17.8 Å². The third kappa shape index (κ3) is 2.18. The minimum absolute atomic E-state index is 0.172. The highest BCUT2D eigenvalue weighted by Crippen LogP contribution is 2.25. The van der Waals surface area contributed by atoms with Crippen LogP contribution in [0.3, 0.4) is 0 Å². The molecule has 1 aromatic heterocycles. The number of hydrogen-bond acceptors (Lipinski definition) is 5. The van der Waals surface area contributed by atoms with Crippen LogP contribution in [0, 0.1) is 6.92 Å². The summed E-state index contributed by atoms with van der Waals surface area (Å²) in [4.78, 5) is 11.1. The molecule has 0 bridgehead atoms. The first-order valence-electron chi connectivity index (χ1n) is 6.11. The van der Waals surface area contributed by atoms with E-state index in [9.17, 15) is 0 Å². The van der Waals surface area contributed by atoms with E-state index in [1.54, 1.807) is 0 Å². The van der Waals surface area contributed by atoms with E-state index in [0.717, 1.165) is 37.6 Å². The Morgan fingerprint density at radius 3 is 3.12 bits per heavy atom. The Kier molecular flexibility index (Phi) is 2.82. The second-order valence-electron chi connectivity index (χ2n) is 4.98. The fourth-order valence-electron chi connectivity index (χ4n) is 2.63. The number of ether oxygens (including phenoxy) is 1. The van der Waals surface area contributed by atoms with Gasteiger partial charge in [-0.2, -0.15) is 0 Å². The molecule has 1 fully saturated rings. The Labute approximate surface area is 101 Å². The number of rotatable bonds is 1. The molecule has 17 heavy (non-hydrogen) atoms. The molecule has 1 aromatic rings. The number of aryl methyl sites for hydroxylation is 1. The first-order chi connectivity index (χ1) is 8.22. The van der Waals surface area contributed by atoms with Crippen molar-refractivity contribution in [1.82, 2.24) is 14.9 Å². The molecular weight excluding hydrogens is 216 g/mol. The lowest BCUT2D eigenvalue weighted by Gasteiger charge is -2.33. The van der Waals surface area contributed by atoms with Crippen molar-refractivity contribution in [2.45, 2.75) is 38.5 Å². The maximum atomic E-state index is 5.94. The van der Waals surface area contributed by atoms with Crippen molar-refractivity contribution in [3.05, 3.63) is 23.3 Å². The Morgan fingerprint density at radius 2 is 2.29 bits per heavy atom. The molecule has 92 valence electrons. The van der Waals surface area contributed by atoms with Crippen LogP contribution < -0.4 is 5.73 Å². The molecule has 1 saturated heterocycles. The van der Waals surface area contributed by atoms with Crippen molar-refractivity contribution < 1.29 is 4.74 Å². The highest BCUT2D eigenvalue weighted by atomic mass is 16.5. The van der Waals surface area contributed by atoms with Gasteiger partial charge in [-0.3, -0.25) is 4.90 Å². The van der Waals surface area contributed by atoms with Crippen molar-refractivity contribution >= 4 is 0 Å². The van der Waals surface area contributed by atoms with Crippen LogP contribution in [0.25, 0.3) is 0 Å². The zero-order chi connectivity index (χ0) is 11.8. The second kappa shape index (κ2) is 4.33. The topological polar surface area (TPSA) is 64.3 Å². The molecule has 5 heteroatoms. The number of aromatic nitrogens is 2. The van der Waals surface area contributed by atoms with E-state index in [1.807, 2.05) is 13.1 Å². The van der Waals surface area contributed by atoms with E-state index >= 15 is 0 Å². The predicted molar refractivity (Wildman–Crippen MR) is 63.2 cm³/mol. The number of fused-ring (bicyclic) bond motifs is 1. The van der Waals surface area contributed by atoms with Gasteiger partial charge < -0.3 is 10.5 Å². The molecule has 0 radical (unpaired) electrons. The molecule has 0 aliphatic carbocycles. The van der Waals surface area contributed by atoms with Gasteiger partial charge in [0.2, 0.25) is 0 Å². The van der Waals surface area contributed by atoms with E-state index in [2.05, 4.69) is 14.9 Å². The maximum absolute atomic E-state index is 5.94. The number of hydrogen-bond donors (Lipinski definition) is 1. The maximum Gasteiger partial charge on any atom is 0.125 e. The summed E-state index contributed by atoms with van der Waals surface area (Å²) in [6, 6.07) is 0.596. The SMILES string of the molecule is Cc1ncc2c(n1)CN(C1COCC(N)C1)C2.